The molecule has 0 radical (unpaired) electrons. The van der Waals surface area contributed by atoms with Gasteiger partial charge in [0, 0.05) is 22.9 Å². The molecular formula is C47H29NO5. The van der Waals surface area contributed by atoms with Crippen molar-refractivity contribution in [2.45, 2.75) is 0 Å². The Hall–Kier alpha value is -7.31. The molecule has 1 aromatic heterocycles. The van der Waals surface area contributed by atoms with Crippen molar-refractivity contribution in [1.29, 1.82) is 0 Å². The molecule has 0 atom stereocenters. The molecule has 252 valence electrons. The zero-order valence-corrected chi connectivity index (χ0v) is 28.0. The maximum Gasteiger partial charge on any atom is 0.208 e. The number of fused-ring (bicyclic) bond motifs is 2. The Morgan fingerprint density at radius 2 is 0.906 bits per heavy atom. The maximum atomic E-state index is 11.2. The van der Waals surface area contributed by atoms with Crippen LogP contribution in [0.15, 0.2) is 146 Å². The van der Waals surface area contributed by atoms with Crippen molar-refractivity contribution in [2.75, 3.05) is 0 Å². The van der Waals surface area contributed by atoms with E-state index in [4.69, 9.17) is 4.98 Å². The molecule has 6 heteroatoms. The fourth-order valence-corrected chi connectivity index (χ4v) is 8.14. The summed E-state index contributed by atoms with van der Waals surface area (Å²) in [5.74, 6) is -4.37. The minimum Gasteiger partial charge on any atom is -0.504 e. The first kappa shape index (κ1) is 30.5. The van der Waals surface area contributed by atoms with E-state index in [1.165, 1.54) is 26.9 Å². The minimum atomic E-state index is -1.01. The van der Waals surface area contributed by atoms with Crippen molar-refractivity contribution in [2.24, 2.45) is 0 Å². The molecule has 10 aromatic rings. The summed E-state index contributed by atoms with van der Waals surface area (Å²) < 4.78 is 0. The average Bonchev–Trinajstić information content (AvgIpc) is 3.21. The van der Waals surface area contributed by atoms with Crippen LogP contribution in [0.1, 0.15) is 0 Å². The molecule has 0 bridgehead atoms. The fraction of sp³-hybridized carbons (Fsp3) is 0. The topological polar surface area (TPSA) is 114 Å². The molecule has 0 saturated carbocycles. The summed E-state index contributed by atoms with van der Waals surface area (Å²) in [6.07, 6.45) is 1.90. The highest BCUT2D eigenvalue weighted by Crippen LogP contribution is 2.58. The van der Waals surface area contributed by atoms with Crippen LogP contribution in [0.5, 0.6) is 28.7 Å². The van der Waals surface area contributed by atoms with Crippen molar-refractivity contribution >= 4 is 53.9 Å². The lowest BCUT2D eigenvalue weighted by Gasteiger charge is -2.20. The monoisotopic (exact) mass is 687 g/mol. The van der Waals surface area contributed by atoms with Gasteiger partial charge in [-0.3, -0.25) is 4.98 Å². The van der Waals surface area contributed by atoms with Crippen molar-refractivity contribution in [3.05, 3.63) is 146 Å². The van der Waals surface area contributed by atoms with Crippen LogP contribution in [-0.2, 0) is 0 Å². The highest BCUT2D eigenvalue weighted by Gasteiger charge is 2.28. The van der Waals surface area contributed by atoms with E-state index in [0.717, 1.165) is 49.7 Å². The summed E-state index contributed by atoms with van der Waals surface area (Å²) in [5.41, 5.74) is 5.64. The zero-order chi connectivity index (χ0) is 36.0. The molecule has 6 nitrogen and oxygen atoms in total. The Balaban J connectivity index is 1.23. The second-order valence-electron chi connectivity index (χ2n) is 13.4. The van der Waals surface area contributed by atoms with E-state index >= 15 is 0 Å². The first-order valence-electron chi connectivity index (χ1n) is 17.3. The third-order valence-corrected chi connectivity index (χ3v) is 10.6. The van der Waals surface area contributed by atoms with Gasteiger partial charge in [-0.15, -0.1) is 0 Å². The molecule has 9 aromatic carbocycles. The fourth-order valence-electron chi connectivity index (χ4n) is 8.14. The molecule has 0 saturated heterocycles. The minimum absolute atomic E-state index is 0.201. The predicted molar refractivity (Wildman–Crippen MR) is 213 cm³/mol. The third kappa shape index (κ3) is 4.42. The number of hydrogen-bond acceptors (Lipinski definition) is 6. The molecule has 0 aliphatic carbocycles. The number of aromatic hydroxyl groups is 5. The molecule has 0 spiro atoms. The van der Waals surface area contributed by atoms with Crippen molar-refractivity contribution < 1.29 is 25.5 Å². The second-order valence-corrected chi connectivity index (χ2v) is 13.4. The van der Waals surface area contributed by atoms with Gasteiger partial charge < -0.3 is 25.5 Å². The van der Waals surface area contributed by atoms with Gasteiger partial charge in [-0.1, -0.05) is 127 Å². The van der Waals surface area contributed by atoms with Crippen molar-refractivity contribution in [3.8, 4) is 73.4 Å². The number of aromatic nitrogens is 1. The summed E-state index contributed by atoms with van der Waals surface area (Å²) in [6.45, 7) is 0. The number of rotatable bonds is 4. The van der Waals surface area contributed by atoms with Gasteiger partial charge in [0.25, 0.3) is 0 Å². The normalized spacial score (nSPS) is 11.8. The first-order chi connectivity index (χ1) is 25.9. The number of phenolic OH excluding ortho intramolecular Hbond substituents is 5. The zero-order valence-electron chi connectivity index (χ0n) is 28.0. The lowest BCUT2D eigenvalue weighted by molar-refractivity contribution is 0.330. The standard InChI is InChI=1S/C47H29NO5/c49-43-42(44(50)46(52)47(53)45(43)51)41-33-12-5-4-11-32(33)40(35-21-17-29(23-36(35)41)25-7-2-1-3-8-25)37-22-18-30(24-48-37)31-19-15-28-14-13-26-9-6-10-27-16-20-34(31)39(28)38(26)27/h1-24,49-53H. The van der Waals surface area contributed by atoms with Gasteiger partial charge in [-0.05, 0) is 82.7 Å². The van der Waals surface area contributed by atoms with Crippen LogP contribution < -0.4 is 0 Å². The summed E-state index contributed by atoms with van der Waals surface area (Å²) in [7, 11) is 0. The van der Waals surface area contributed by atoms with Gasteiger partial charge in [-0.2, -0.15) is 0 Å². The van der Waals surface area contributed by atoms with E-state index in [1.807, 2.05) is 85.1 Å². The quantitative estimate of drug-likeness (QED) is 0.0544. The van der Waals surface area contributed by atoms with Crippen molar-refractivity contribution in [3.63, 3.8) is 0 Å². The first-order valence-corrected chi connectivity index (χ1v) is 17.3. The summed E-state index contributed by atoms with van der Waals surface area (Å²) in [5, 5.41) is 64.1. The van der Waals surface area contributed by atoms with Crippen LogP contribution in [0.25, 0.3) is 98.5 Å². The Bertz CT molecular complexity index is 3060. The highest BCUT2D eigenvalue weighted by molar-refractivity contribution is 6.26. The SMILES string of the molecule is Oc1c(O)c(O)c(-c2c3ccccc3c(-c3ccc(-c4ccc5ccc6cccc7ccc4c5c67)cn3)c3ccc(-c4ccccc4)cc23)c(O)c1O. The maximum absolute atomic E-state index is 11.2. The van der Waals surface area contributed by atoms with Gasteiger partial charge in [0.2, 0.25) is 17.2 Å². The van der Waals surface area contributed by atoms with Crippen LogP contribution in [0.2, 0.25) is 0 Å². The lowest BCUT2D eigenvalue weighted by atomic mass is 9.85. The smallest absolute Gasteiger partial charge is 0.208 e. The van der Waals surface area contributed by atoms with E-state index in [0.29, 0.717) is 16.3 Å². The molecule has 1 heterocycles. The molecule has 53 heavy (non-hydrogen) atoms. The molecule has 0 aliphatic heterocycles. The molecule has 0 unspecified atom stereocenters. The molecular weight excluding hydrogens is 659 g/mol. The van der Waals surface area contributed by atoms with Crippen molar-refractivity contribution in [1.82, 2.24) is 4.98 Å². The lowest BCUT2D eigenvalue weighted by Crippen LogP contribution is -1.94. The van der Waals surface area contributed by atoms with E-state index < -0.39 is 28.7 Å². The van der Waals surface area contributed by atoms with Gasteiger partial charge in [0.15, 0.2) is 11.5 Å². The van der Waals surface area contributed by atoms with E-state index in [1.54, 1.807) is 0 Å². The van der Waals surface area contributed by atoms with Gasteiger partial charge in [-0.25, -0.2) is 0 Å². The van der Waals surface area contributed by atoms with Crippen LogP contribution in [0.4, 0.5) is 0 Å². The number of benzene rings is 9. The summed E-state index contributed by atoms with van der Waals surface area (Å²) >= 11 is 0. The molecule has 0 fully saturated rings. The largest absolute Gasteiger partial charge is 0.504 e. The Morgan fingerprint density at radius 1 is 0.340 bits per heavy atom. The number of nitrogens with zero attached hydrogens (tertiary/aromatic N) is 1. The molecule has 5 N–H and O–H groups in total. The number of hydrogen-bond donors (Lipinski definition) is 5. The second kappa shape index (κ2) is 11.4. The van der Waals surface area contributed by atoms with Crippen LogP contribution in [0, 0.1) is 0 Å². The number of pyridine rings is 1. The highest BCUT2D eigenvalue weighted by atomic mass is 16.4. The average molecular weight is 688 g/mol. The summed E-state index contributed by atoms with van der Waals surface area (Å²) in [4.78, 5) is 5.08. The van der Waals surface area contributed by atoms with Crippen LogP contribution >= 0.6 is 0 Å². The van der Waals surface area contributed by atoms with E-state index in [2.05, 4.69) is 60.7 Å². The summed E-state index contributed by atoms with van der Waals surface area (Å²) in [6, 6.07) is 47.0. The van der Waals surface area contributed by atoms with E-state index in [-0.39, 0.29) is 5.56 Å². The predicted octanol–water partition coefficient (Wildman–Crippen LogP) is 11.5. The third-order valence-electron chi connectivity index (χ3n) is 10.6. The van der Waals surface area contributed by atoms with Gasteiger partial charge in [0.05, 0.1) is 11.3 Å². The van der Waals surface area contributed by atoms with Gasteiger partial charge in [0.1, 0.15) is 0 Å². The van der Waals surface area contributed by atoms with Crippen LogP contribution in [-0.4, -0.2) is 30.5 Å². The molecule has 0 amide bonds. The molecule has 10 rings (SSSR count). The Labute approximate surface area is 302 Å². The number of phenols is 5. The molecule has 0 aliphatic rings. The Kier molecular flexibility index (Phi) is 6.53. The van der Waals surface area contributed by atoms with Gasteiger partial charge >= 0.3 is 0 Å². The van der Waals surface area contributed by atoms with Crippen LogP contribution in [0.3, 0.4) is 0 Å². The van der Waals surface area contributed by atoms with E-state index in [9.17, 15) is 25.5 Å². The Morgan fingerprint density at radius 3 is 1.60 bits per heavy atom.